The molecule has 1 amide bonds. The Bertz CT molecular complexity index is 1750. The monoisotopic (exact) mass is 466 g/mol. The van der Waals surface area contributed by atoms with Crippen molar-refractivity contribution in [2.75, 3.05) is 14.2 Å². The lowest BCUT2D eigenvalue weighted by atomic mass is 9.93. The zero-order valence-corrected chi connectivity index (χ0v) is 19.9. The molecule has 3 aliphatic heterocycles. The minimum absolute atomic E-state index is 0.00357. The van der Waals surface area contributed by atoms with Crippen LogP contribution in [0.3, 0.4) is 0 Å². The van der Waals surface area contributed by atoms with Crippen molar-refractivity contribution in [1.82, 2.24) is 19.8 Å². The van der Waals surface area contributed by atoms with Crippen LogP contribution in [0.15, 0.2) is 48.5 Å². The van der Waals surface area contributed by atoms with Crippen molar-refractivity contribution < 1.29 is 14.3 Å². The normalized spacial score (nSPS) is 27.3. The fraction of sp³-hybridized carbons (Fsp3) is 0.321. The van der Waals surface area contributed by atoms with Gasteiger partial charge in [0.15, 0.2) is 5.72 Å². The fourth-order valence-corrected chi connectivity index (χ4v) is 7.33. The van der Waals surface area contributed by atoms with Crippen molar-refractivity contribution in [2.45, 2.75) is 44.0 Å². The van der Waals surface area contributed by atoms with Crippen molar-refractivity contribution in [1.29, 1.82) is 0 Å². The van der Waals surface area contributed by atoms with Gasteiger partial charge >= 0.3 is 0 Å². The number of fused-ring (bicyclic) bond motifs is 13. The van der Waals surface area contributed by atoms with Gasteiger partial charge in [-0.15, -0.1) is 0 Å². The molecule has 1 saturated heterocycles. The highest BCUT2D eigenvalue weighted by Gasteiger charge is 2.53. The number of amides is 1. The first-order valence-electron chi connectivity index (χ1n) is 12.3. The molecule has 0 saturated carbocycles. The molecule has 7 nitrogen and oxygen atoms in total. The molecule has 0 aliphatic carbocycles. The molecule has 2 bridgehead atoms. The second-order valence-corrected chi connectivity index (χ2v) is 10.1. The lowest BCUT2D eigenvalue weighted by Gasteiger charge is -2.48. The fourth-order valence-electron chi connectivity index (χ4n) is 7.33. The Morgan fingerprint density at radius 1 is 1.06 bits per heavy atom. The predicted molar refractivity (Wildman–Crippen MR) is 136 cm³/mol. The van der Waals surface area contributed by atoms with E-state index in [0.717, 1.165) is 61.2 Å². The molecule has 1 unspecified atom stereocenters. The van der Waals surface area contributed by atoms with E-state index < -0.39 is 5.72 Å². The molecule has 5 heterocycles. The standard InChI is InChI=1S/C28H26N4O3/c1-28-26(34-3)17(29-2)12-20(35-28)31-18-10-6-4-8-14(18)22-23-16(13-30-27(23)33)21-15-9-5-7-11-19(15)32(28)25(21)24(22)31/h4-11,17,20,26,29H,12-13H2,1-3H3,(H,30,33)/t17-,20-,26?,28+/m0/s1. The van der Waals surface area contributed by atoms with E-state index in [1.807, 2.05) is 7.05 Å². The van der Waals surface area contributed by atoms with Crippen molar-refractivity contribution >= 4 is 49.5 Å². The molecule has 7 heteroatoms. The van der Waals surface area contributed by atoms with Crippen LogP contribution in [0.25, 0.3) is 43.6 Å². The number of ether oxygens (including phenoxy) is 2. The Kier molecular flexibility index (Phi) is 3.65. The summed E-state index contributed by atoms with van der Waals surface area (Å²) in [5.41, 5.74) is 5.51. The van der Waals surface area contributed by atoms with Gasteiger partial charge in [0, 0.05) is 47.7 Å². The molecule has 4 atom stereocenters. The van der Waals surface area contributed by atoms with Crippen LogP contribution in [0.1, 0.15) is 35.5 Å². The summed E-state index contributed by atoms with van der Waals surface area (Å²) in [5.74, 6) is 0.00357. The molecular weight excluding hydrogens is 440 g/mol. The number of rotatable bonds is 2. The summed E-state index contributed by atoms with van der Waals surface area (Å²) in [7, 11) is 3.77. The third-order valence-electron chi connectivity index (χ3n) is 8.60. The molecule has 0 radical (unpaired) electrons. The van der Waals surface area contributed by atoms with Gasteiger partial charge in [0.05, 0.1) is 27.6 Å². The molecule has 3 aliphatic rings. The molecule has 1 fully saturated rings. The number of likely N-dealkylation sites (N-methyl/N-ethyl adjacent to an activating group) is 1. The van der Waals surface area contributed by atoms with Crippen molar-refractivity contribution in [3.8, 4) is 0 Å². The van der Waals surface area contributed by atoms with Crippen LogP contribution in [0.2, 0.25) is 0 Å². The molecule has 35 heavy (non-hydrogen) atoms. The largest absolute Gasteiger partial charge is 0.375 e. The summed E-state index contributed by atoms with van der Waals surface area (Å²) in [6.07, 6.45) is 0.337. The minimum Gasteiger partial charge on any atom is -0.375 e. The van der Waals surface area contributed by atoms with Gasteiger partial charge in [0.1, 0.15) is 12.3 Å². The summed E-state index contributed by atoms with van der Waals surface area (Å²) < 4.78 is 18.0. The molecule has 3 aromatic carbocycles. The zero-order valence-electron chi connectivity index (χ0n) is 19.9. The molecule has 5 aromatic rings. The number of nitrogens with one attached hydrogen (secondary N) is 2. The third kappa shape index (κ3) is 2.12. The molecule has 2 aromatic heterocycles. The first-order chi connectivity index (χ1) is 17.1. The highest BCUT2D eigenvalue weighted by molar-refractivity contribution is 6.31. The van der Waals surface area contributed by atoms with Crippen molar-refractivity contribution in [3.05, 3.63) is 59.7 Å². The summed E-state index contributed by atoms with van der Waals surface area (Å²) in [6.45, 7) is 2.68. The lowest BCUT2D eigenvalue weighted by molar-refractivity contribution is -0.256. The summed E-state index contributed by atoms with van der Waals surface area (Å²) in [4.78, 5) is 13.3. The van der Waals surface area contributed by atoms with Crippen LogP contribution in [0, 0.1) is 0 Å². The smallest absolute Gasteiger partial charge is 0.252 e. The molecule has 176 valence electrons. The van der Waals surface area contributed by atoms with Gasteiger partial charge in [-0.25, -0.2) is 0 Å². The van der Waals surface area contributed by atoms with E-state index in [1.165, 1.54) is 0 Å². The average Bonchev–Trinajstić information content (AvgIpc) is 3.51. The van der Waals surface area contributed by atoms with Crippen LogP contribution < -0.4 is 10.6 Å². The van der Waals surface area contributed by atoms with E-state index in [9.17, 15) is 4.79 Å². The quantitative estimate of drug-likeness (QED) is 0.406. The summed E-state index contributed by atoms with van der Waals surface area (Å²) in [5, 5.41) is 11.0. The van der Waals surface area contributed by atoms with Gasteiger partial charge in [0.25, 0.3) is 5.91 Å². The predicted octanol–water partition coefficient (Wildman–Crippen LogP) is 4.35. The van der Waals surface area contributed by atoms with Crippen LogP contribution >= 0.6 is 0 Å². The Morgan fingerprint density at radius 2 is 1.77 bits per heavy atom. The number of aromatic nitrogens is 2. The van der Waals surface area contributed by atoms with E-state index in [1.54, 1.807) is 7.11 Å². The maximum absolute atomic E-state index is 13.3. The Labute approximate surface area is 201 Å². The van der Waals surface area contributed by atoms with E-state index in [2.05, 4.69) is 75.2 Å². The zero-order chi connectivity index (χ0) is 23.6. The minimum atomic E-state index is -0.760. The molecule has 8 rings (SSSR count). The number of nitrogens with zero attached hydrogens (tertiary/aromatic N) is 2. The highest BCUT2D eigenvalue weighted by Crippen LogP contribution is 2.53. The highest BCUT2D eigenvalue weighted by atomic mass is 16.6. The second-order valence-electron chi connectivity index (χ2n) is 10.1. The molecular formula is C28H26N4O3. The van der Waals surface area contributed by atoms with E-state index in [-0.39, 0.29) is 24.3 Å². The number of carbonyl (C=O) groups is 1. The maximum Gasteiger partial charge on any atom is 0.252 e. The number of benzene rings is 3. The summed E-state index contributed by atoms with van der Waals surface area (Å²) in [6, 6.07) is 17.0. The Hall–Kier alpha value is -3.39. The second kappa shape index (κ2) is 6.43. The number of methoxy groups -OCH3 is 1. The lowest BCUT2D eigenvalue weighted by Crippen LogP contribution is -2.59. The number of hydrogen-bond acceptors (Lipinski definition) is 4. The summed E-state index contributed by atoms with van der Waals surface area (Å²) >= 11 is 0. The topological polar surface area (TPSA) is 69.5 Å². The van der Waals surface area contributed by atoms with Crippen molar-refractivity contribution in [2.24, 2.45) is 0 Å². The third-order valence-corrected chi connectivity index (χ3v) is 8.60. The van der Waals surface area contributed by atoms with Gasteiger partial charge in [-0.1, -0.05) is 36.4 Å². The van der Waals surface area contributed by atoms with E-state index in [0.29, 0.717) is 6.54 Å². The van der Waals surface area contributed by atoms with Crippen LogP contribution in [-0.2, 0) is 21.7 Å². The molecule has 2 N–H and O–H groups in total. The number of para-hydroxylation sites is 2. The van der Waals surface area contributed by atoms with Crippen LogP contribution in [0.5, 0.6) is 0 Å². The molecule has 0 spiro atoms. The number of hydrogen-bond donors (Lipinski definition) is 2. The van der Waals surface area contributed by atoms with Gasteiger partial charge in [0.2, 0.25) is 0 Å². The van der Waals surface area contributed by atoms with E-state index >= 15 is 0 Å². The van der Waals surface area contributed by atoms with Crippen molar-refractivity contribution in [3.63, 3.8) is 0 Å². The van der Waals surface area contributed by atoms with E-state index in [4.69, 9.17) is 9.47 Å². The maximum atomic E-state index is 13.3. The van der Waals surface area contributed by atoms with Gasteiger partial charge in [-0.3, -0.25) is 4.79 Å². The van der Waals surface area contributed by atoms with Gasteiger partial charge < -0.3 is 29.2 Å². The van der Waals surface area contributed by atoms with Crippen LogP contribution in [0.4, 0.5) is 0 Å². The Balaban J connectivity index is 1.72. The Morgan fingerprint density at radius 3 is 2.51 bits per heavy atom. The first kappa shape index (κ1) is 19.9. The first-order valence-corrected chi connectivity index (χ1v) is 12.3. The van der Waals surface area contributed by atoms with Gasteiger partial charge in [-0.2, -0.15) is 0 Å². The van der Waals surface area contributed by atoms with Gasteiger partial charge in [-0.05, 0) is 31.7 Å². The average molecular weight is 467 g/mol. The number of carbonyl (C=O) groups excluding carboxylic acids is 1. The van der Waals surface area contributed by atoms with Crippen LogP contribution in [-0.4, -0.2) is 41.3 Å². The SMILES string of the molecule is CN[C@H]1C[C@@H]2O[C@](C)(C1OC)n1c3ccccc3c3c4c(c5c6ccccc6n2c5c31)C(=O)NC4.